The summed E-state index contributed by atoms with van der Waals surface area (Å²) in [6.07, 6.45) is 0.458. The fourth-order valence-corrected chi connectivity index (χ4v) is 3.72. The second-order valence-electron chi connectivity index (χ2n) is 4.32. The van der Waals surface area contributed by atoms with Crippen molar-refractivity contribution >= 4 is 35.0 Å². The minimum Gasteiger partial charge on any atom is -0.409 e. The molecular weight excluding hydrogens is 347 g/mol. The van der Waals surface area contributed by atoms with Crippen LogP contribution in [0.15, 0.2) is 37.7 Å². The van der Waals surface area contributed by atoms with Crippen LogP contribution in [0.1, 0.15) is 19.4 Å². The third-order valence-electron chi connectivity index (χ3n) is 2.78. The molecule has 0 saturated carbocycles. The van der Waals surface area contributed by atoms with Crippen molar-refractivity contribution in [1.82, 2.24) is 9.71 Å². The van der Waals surface area contributed by atoms with E-state index in [0.717, 1.165) is 4.73 Å². The molecule has 1 aromatic heterocycles. The molecule has 0 radical (unpaired) electrons. The molecule has 1 N–H and O–H groups in total. The zero-order valence-corrected chi connectivity index (χ0v) is 14.3. The molecule has 2 aromatic rings. The van der Waals surface area contributed by atoms with Crippen molar-refractivity contribution in [2.45, 2.75) is 30.2 Å². The van der Waals surface area contributed by atoms with Crippen LogP contribution in [0.5, 0.6) is 0 Å². The highest BCUT2D eigenvalue weighted by molar-refractivity contribution is 7.99. The van der Waals surface area contributed by atoms with Gasteiger partial charge in [0.05, 0.1) is 5.56 Å². The van der Waals surface area contributed by atoms with E-state index in [9.17, 15) is 9.59 Å². The molecule has 0 unspecified atom stereocenters. The van der Waals surface area contributed by atoms with E-state index < -0.39 is 11.2 Å². The number of nitrogens with one attached hydrogen (secondary N) is 1. The molecule has 0 saturated heterocycles. The zero-order valence-electron chi connectivity index (χ0n) is 12.0. The topological polar surface area (TPSA) is 64.1 Å². The Kier molecular flexibility index (Phi) is 5.61. The molecule has 0 aliphatic rings. The summed E-state index contributed by atoms with van der Waals surface area (Å²) in [6, 6.07) is 5.03. The van der Waals surface area contributed by atoms with Crippen LogP contribution in [0, 0.1) is 0 Å². The highest BCUT2D eigenvalue weighted by Crippen LogP contribution is 2.32. The molecule has 22 heavy (non-hydrogen) atoms. The van der Waals surface area contributed by atoms with Crippen molar-refractivity contribution in [1.29, 1.82) is 0 Å². The number of halogens is 2. The first kappa shape index (κ1) is 17.0. The van der Waals surface area contributed by atoms with E-state index >= 15 is 0 Å². The van der Waals surface area contributed by atoms with E-state index in [1.165, 1.54) is 11.8 Å². The molecule has 0 fully saturated rings. The summed E-state index contributed by atoms with van der Waals surface area (Å²) in [5.74, 6) is 0. The van der Waals surface area contributed by atoms with Crippen LogP contribution >= 0.6 is 35.0 Å². The number of benzene rings is 1. The Morgan fingerprint density at radius 3 is 2.36 bits per heavy atom. The lowest BCUT2D eigenvalue weighted by Crippen LogP contribution is -2.37. The van der Waals surface area contributed by atoms with E-state index in [4.69, 9.17) is 28.0 Å². The van der Waals surface area contributed by atoms with Crippen LogP contribution in [0.25, 0.3) is 0 Å². The zero-order chi connectivity index (χ0) is 16.3. The Bertz CT molecular complexity index is 781. The fraction of sp³-hybridized carbons (Fsp3) is 0.286. The Morgan fingerprint density at radius 2 is 1.82 bits per heavy atom. The van der Waals surface area contributed by atoms with Gasteiger partial charge in [0.25, 0.3) is 5.56 Å². The van der Waals surface area contributed by atoms with E-state index in [1.54, 1.807) is 25.1 Å². The molecule has 0 aliphatic heterocycles. The summed E-state index contributed by atoms with van der Waals surface area (Å²) in [4.78, 5) is 32.3. The third kappa shape index (κ3) is 3.69. The van der Waals surface area contributed by atoms with Crippen LogP contribution in [-0.2, 0) is 6.42 Å². The minimum atomic E-state index is -0.611. The van der Waals surface area contributed by atoms with Crippen LogP contribution in [0.4, 0.5) is 0 Å². The Hall–Kier alpha value is -1.37. The number of nitrogens with zero attached hydrogens (tertiary/aromatic N) is 1. The molecule has 0 spiro atoms. The summed E-state index contributed by atoms with van der Waals surface area (Å²) < 4.78 is 1.10. The lowest BCUT2D eigenvalue weighted by atomic mass is 10.3. The number of H-pyrrole nitrogens is 1. The summed E-state index contributed by atoms with van der Waals surface area (Å²) >= 11 is 13.2. The van der Waals surface area contributed by atoms with E-state index in [1.807, 2.05) is 6.92 Å². The average Bonchev–Trinajstić information content (AvgIpc) is 2.42. The van der Waals surface area contributed by atoms with E-state index in [2.05, 4.69) is 4.98 Å². The molecule has 1 heterocycles. The lowest BCUT2D eigenvalue weighted by molar-refractivity contribution is 0.0886. The summed E-state index contributed by atoms with van der Waals surface area (Å²) in [7, 11) is 0. The maximum atomic E-state index is 12.0. The largest absolute Gasteiger partial charge is 0.409 e. The quantitative estimate of drug-likeness (QED) is 0.832. The van der Waals surface area contributed by atoms with Crippen LogP contribution < -0.4 is 16.1 Å². The molecule has 8 heteroatoms. The van der Waals surface area contributed by atoms with Crippen molar-refractivity contribution in [2.24, 2.45) is 0 Å². The van der Waals surface area contributed by atoms with Gasteiger partial charge in [0.2, 0.25) is 0 Å². The fourth-order valence-electron chi connectivity index (χ4n) is 1.90. The van der Waals surface area contributed by atoms with Gasteiger partial charge >= 0.3 is 5.69 Å². The van der Waals surface area contributed by atoms with Gasteiger partial charge in [-0.2, -0.15) is 0 Å². The number of hydrogen-bond acceptors (Lipinski definition) is 4. The first-order chi connectivity index (χ1) is 10.5. The predicted octanol–water partition coefficient (Wildman–Crippen LogP) is 3.01. The van der Waals surface area contributed by atoms with Gasteiger partial charge in [0.1, 0.15) is 11.6 Å². The van der Waals surface area contributed by atoms with Crippen molar-refractivity contribution in [2.75, 3.05) is 6.61 Å². The number of rotatable bonds is 5. The Labute approximate surface area is 141 Å². The van der Waals surface area contributed by atoms with Crippen molar-refractivity contribution in [3.8, 4) is 0 Å². The molecule has 118 valence electrons. The molecule has 5 nitrogen and oxygen atoms in total. The first-order valence-corrected chi connectivity index (χ1v) is 8.19. The summed E-state index contributed by atoms with van der Waals surface area (Å²) in [6.45, 7) is 3.88. The number of aromatic amines is 1. The molecule has 0 atom stereocenters. The minimum absolute atomic E-state index is 0.291. The average molecular weight is 361 g/mol. The molecule has 2 rings (SSSR count). The highest BCUT2D eigenvalue weighted by atomic mass is 35.5. The summed E-state index contributed by atoms with van der Waals surface area (Å²) in [5, 5.41) is 1.38. The van der Waals surface area contributed by atoms with E-state index in [-0.39, 0.29) is 0 Å². The molecule has 1 aromatic carbocycles. The smallest absolute Gasteiger partial charge is 0.362 e. The lowest BCUT2D eigenvalue weighted by Gasteiger charge is -2.14. The van der Waals surface area contributed by atoms with Crippen LogP contribution in [0.2, 0.25) is 10.0 Å². The highest BCUT2D eigenvalue weighted by Gasteiger charge is 2.16. The van der Waals surface area contributed by atoms with Crippen LogP contribution in [-0.4, -0.2) is 16.3 Å². The second-order valence-corrected chi connectivity index (χ2v) is 6.25. The molecule has 0 bridgehead atoms. The first-order valence-electron chi connectivity index (χ1n) is 6.61. The van der Waals surface area contributed by atoms with Gasteiger partial charge in [-0.25, -0.2) is 4.79 Å². The second kappa shape index (κ2) is 7.26. The monoisotopic (exact) mass is 360 g/mol. The number of aromatic nitrogens is 2. The van der Waals surface area contributed by atoms with Crippen molar-refractivity contribution in [3.63, 3.8) is 0 Å². The normalized spacial score (nSPS) is 10.7. The standard InChI is InChI=1S/C14H14Cl2N2O3S/c1-3-11-12(19)17-14(20)18(21-4-2)13(11)22-10-6-8(15)5-9(16)7-10/h5-7H,3-4H2,1-2H3,(H,17,19,20). The summed E-state index contributed by atoms with van der Waals surface area (Å²) in [5.41, 5.74) is -0.562. The van der Waals surface area contributed by atoms with Gasteiger partial charge in [0.15, 0.2) is 0 Å². The van der Waals surface area contributed by atoms with E-state index in [0.29, 0.717) is 38.6 Å². The molecule has 0 amide bonds. The van der Waals surface area contributed by atoms with Crippen LogP contribution in [0.3, 0.4) is 0 Å². The molecular formula is C14H14Cl2N2O3S. The Balaban J connectivity index is 2.61. The van der Waals surface area contributed by atoms with Gasteiger partial charge in [-0.3, -0.25) is 9.78 Å². The number of hydrogen-bond donors (Lipinski definition) is 1. The molecule has 0 aliphatic carbocycles. The van der Waals surface area contributed by atoms with Gasteiger partial charge < -0.3 is 4.84 Å². The van der Waals surface area contributed by atoms with Crippen molar-refractivity contribution < 1.29 is 4.84 Å². The SMILES string of the molecule is CCOn1c(Sc2cc(Cl)cc(Cl)c2)c(CC)c(=O)[nH]c1=O. The third-order valence-corrected chi connectivity index (χ3v) is 4.30. The van der Waals surface area contributed by atoms with Gasteiger partial charge in [-0.15, -0.1) is 4.73 Å². The van der Waals surface area contributed by atoms with Crippen molar-refractivity contribution in [3.05, 3.63) is 54.6 Å². The van der Waals surface area contributed by atoms with Gasteiger partial charge in [0, 0.05) is 14.9 Å². The maximum Gasteiger partial charge on any atom is 0.362 e. The predicted molar refractivity (Wildman–Crippen MR) is 88.4 cm³/mol. The van der Waals surface area contributed by atoms with Gasteiger partial charge in [-0.1, -0.05) is 41.9 Å². The van der Waals surface area contributed by atoms with Gasteiger partial charge in [-0.05, 0) is 31.5 Å². The Morgan fingerprint density at radius 1 is 1.18 bits per heavy atom. The maximum absolute atomic E-state index is 12.0.